The Bertz CT molecular complexity index is 757. The fourth-order valence-corrected chi connectivity index (χ4v) is 1.91. The molecule has 2 N–H and O–H groups in total. The Morgan fingerprint density at radius 3 is 2.86 bits per heavy atom. The van der Waals surface area contributed by atoms with Crippen LogP contribution in [0.25, 0.3) is 17.0 Å². The third-order valence-electron chi connectivity index (χ3n) is 2.82. The van der Waals surface area contributed by atoms with E-state index in [9.17, 15) is 14.7 Å². The molecule has 1 aromatic carbocycles. The zero-order valence-electron chi connectivity index (χ0n) is 11.3. The molecular weight excluding hydrogens is 276 g/mol. The molecule has 6 nitrogen and oxygen atoms in total. The summed E-state index contributed by atoms with van der Waals surface area (Å²) in [6, 6.07) is 4.49. The predicted molar refractivity (Wildman–Crippen MR) is 76.2 cm³/mol. The standard InChI is InChI=1S/C15H14O6/c1-2-4-10-12(17)9-5-3-6-11(13(9)21-15(10)19)14(18)20-8-7-16/h2-6,16-17H,7-8H2,1H3. The molecule has 0 saturated carbocycles. The van der Waals surface area contributed by atoms with Gasteiger partial charge < -0.3 is 19.4 Å². The number of aliphatic hydroxyl groups is 1. The Kier molecular flexibility index (Phi) is 4.39. The first kappa shape index (κ1) is 14.8. The molecule has 2 aromatic rings. The molecule has 1 aromatic heterocycles. The van der Waals surface area contributed by atoms with Gasteiger partial charge in [0.1, 0.15) is 23.5 Å². The average Bonchev–Trinajstić information content (AvgIpc) is 2.48. The highest BCUT2D eigenvalue weighted by molar-refractivity contribution is 6.03. The largest absolute Gasteiger partial charge is 0.506 e. The van der Waals surface area contributed by atoms with Gasteiger partial charge in [0.15, 0.2) is 5.58 Å². The van der Waals surface area contributed by atoms with Crippen molar-refractivity contribution < 1.29 is 24.2 Å². The lowest BCUT2D eigenvalue weighted by molar-refractivity contribution is 0.0434. The van der Waals surface area contributed by atoms with Crippen LogP contribution < -0.4 is 5.63 Å². The van der Waals surface area contributed by atoms with Crippen LogP contribution in [0.3, 0.4) is 0 Å². The number of allylic oxidation sites excluding steroid dienone is 1. The molecule has 0 aliphatic rings. The first-order chi connectivity index (χ1) is 10.1. The van der Waals surface area contributed by atoms with Gasteiger partial charge in [0.25, 0.3) is 0 Å². The summed E-state index contributed by atoms with van der Waals surface area (Å²) in [5, 5.41) is 19.0. The van der Waals surface area contributed by atoms with Crippen molar-refractivity contribution in [1.29, 1.82) is 0 Å². The van der Waals surface area contributed by atoms with Gasteiger partial charge in [-0.05, 0) is 25.1 Å². The molecule has 110 valence electrons. The van der Waals surface area contributed by atoms with Crippen LogP contribution in [-0.2, 0) is 4.74 Å². The summed E-state index contributed by atoms with van der Waals surface area (Å²) in [4.78, 5) is 23.7. The molecule has 0 bridgehead atoms. The minimum atomic E-state index is -0.750. The van der Waals surface area contributed by atoms with E-state index in [4.69, 9.17) is 14.3 Å². The van der Waals surface area contributed by atoms with Gasteiger partial charge in [0, 0.05) is 0 Å². The molecule has 0 unspecified atom stereocenters. The van der Waals surface area contributed by atoms with Crippen molar-refractivity contribution in [3.8, 4) is 5.75 Å². The zero-order chi connectivity index (χ0) is 15.4. The number of para-hydroxylation sites is 1. The molecule has 21 heavy (non-hydrogen) atoms. The van der Waals surface area contributed by atoms with Gasteiger partial charge in [-0.15, -0.1) is 0 Å². The maximum absolute atomic E-state index is 11.9. The molecule has 6 heteroatoms. The average molecular weight is 290 g/mol. The predicted octanol–water partition coefficient (Wildman–Crippen LogP) is 1.68. The molecule has 0 fully saturated rings. The van der Waals surface area contributed by atoms with E-state index in [1.807, 2.05) is 0 Å². The molecular formula is C15H14O6. The Balaban J connectivity index is 2.66. The number of rotatable bonds is 4. The first-order valence-electron chi connectivity index (χ1n) is 6.29. The van der Waals surface area contributed by atoms with Gasteiger partial charge in [0.2, 0.25) is 0 Å². The number of ether oxygens (including phenoxy) is 1. The fourth-order valence-electron chi connectivity index (χ4n) is 1.91. The summed E-state index contributed by atoms with van der Waals surface area (Å²) in [5.74, 6) is -0.993. The Morgan fingerprint density at radius 1 is 1.43 bits per heavy atom. The smallest absolute Gasteiger partial charge is 0.347 e. The third-order valence-corrected chi connectivity index (χ3v) is 2.82. The van der Waals surface area contributed by atoms with Crippen molar-refractivity contribution in [3.05, 3.63) is 45.8 Å². The molecule has 0 spiro atoms. The summed E-state index contributed by atoms with van der Waals surface area (Å²) in [5.41, 5.74) is -0.761. The molecule has 0 aliphatic heterocycles. The summed E-state index contributed by atoms with van der Waals surface area (Å²) in [6.07, 6.45) is 3.02. The van der Waals surface area contributed by atoms with E-state index >= 15 is 0 Å². The molecule has 0 saturated heterocycles. The first-order valence-corrected chi connectivity index (χ1v) is 6.29. The van der Waals surface area contributed by atoms with Crippen LogP contribution in [0.2, 0.25) is 0 Å². The SMILES string of the molecule is CC=Cc1c(O)c2cccc(C(=O)OCCO)c2oc1=O. The normalized spacial score (nSPS) is 11.1. The number of carbonyl (C=O) groups is 1. The van der Waals surface area contributed by atoms with Crippen molar-refractivity contribution in [2.75, 3.05) is 13.2 Å². The number of benzene rings is 1. The van der Waals surface area contributed by atoms with Gasteiger partial charge in [-0.1, -0.05) is 12.1 Å². The van der Waals surface area contributed by atoms with Crippen LogP contribution in [0.4, 0.5) is 0 Å². The molecule has 0 amide bonds. The molecule has 0 radical (unpaired) electrons. The van der Waals surface area contributed by atoms with Gasteiger partial charge in [-0.2, -0.15) is 0 Å². The summed E-state index contributed by atoms with van der Waals surface area (Å²) < 4.78 is 9.92. The minimum absolute atomic E-state index is 0.0142. The van der Waals surface area contributed by atoms with Crippen LogP contribution in [0.1, 0.15) is 22.8 Å². The maximum atomic E-state index is 11.9. The van der Waals surface area contributed by atoms with E-state index in [-0.39, 0.29) is 41.1 Å². The fraction of sp³-hybridized carbons (Fsp3) is 0.200. The topological polar surface area (TPSA) is 97.0 Å². The maximum Gasteiger partial charge on any atom is 0.347 e. The van der Waals surface area contributed by atoms with E-state index in [1.54, 1.807) is 13.0 Å². The van der Waals surface area contributed by atoms with Crippen LogP contribution >= 0.6 is 0 Å². The van der Waals surface area contributed by atoms with Crippen LogP contribution in [0.5, 0.6) is 5.75 Å². The number of fused-ring (bicyclic) bond motifs is 1. The monoisotopic (exact) mass is 290 g/mol. The van der Waals surface area contributed by atoms with Gasteiger partial charge in [-0.25, -0.2) is 9.59 Å². The molecule has 0 atom stereocenters. The summed E-state index contributed by atoms with van der Waals surface area (Å²) in [6.45, 7) is 1.23. The number of esters is 1. The molecule has 1 heterocycles. The van der Waals surface area contributed by atoms with Crippen molar-refractivity contribution in [1.82, 2.24) is 0 Å². The van der Waals surface area contributed by atoms with E-state index in [0.29, 0.717) is 0 Å². The van der Waals surface area contributed by atoms with Gasteiger partial charge in [-0.3, -0.25) is 0 Å². The van der Waals surface area contributed by atoms with E-state index < -0.39 is 11.6 Å². The number of aromatic hydroxyl groups is 1. The highest BCUT2D eigenvalue weighted by Gasteiger charge is 2.18. The second-order valence-corrected chi connectivity index (χ2v) is 4.19. The third kappa shape index (κ3) is 2.80. The van der Waals surface area contributed by atoms with Crippen molar-refractivity contribution in [3.63, 3.8) is 0 Å². The highest BCUT2D eigenvalue weighted by Crippen LogP contribution is 2.29. The van der Waals surface area contributed by atoms with E-state index in [1.165, 1.54) is 24.3 Å². The second kappa shape index (κ2) is 6.23. The van der Waals surface area contributed by atoms with Crippen molar-refractivity contribution in [2.45, 2.75) is 6.92 Å². The van der Waals surface area contributed by atoms with E-state index in [2.05, 4.69) is 0 Å². The second-order valence-electron chi connectivity index (χ2n) is 4.19. The molecule has 2 rings (SSSR count). The van der Waals surface area contributed by atoms with Crippen LogP contribution in [0.15, 0.2) is 33.5 Å². The van der Waals surface area contributed by atoms with Crippen molar-refractivity contribution in [2.24, 2.45) is 0 Å². The number of hydrogen-bond donors (Lipinski definition) is 2. The lowest BCUT2D eigenvalue weighted by Gasteiger charge is -2.07. The van der Waals surface area contributed by atoms with Crippen LogP contribution in [-0.4, -0.2) is 29.4 Å². The Hall–Kier alpha value is -2.60. The lowest BCUT2D eigenvalue weighted by atomic mass is 10.1. The summed E-state index contributed by atoms with van der Waals surface area (Å²) >= 11 is 0. The Labute approximate surface area is 119 Å². The zero-order valence-corrected chi connectivity index (χ0v) is 11.3. The Morgan fingerprint density at radius 2 is 2.19 bits per heavy atom. The van der Waals surface area contributed by atoms with Crippen molar-refractivity contribution >= 4 is 23.0 Å². The van der Waals surface area contributed by atoms with Gasteiger partial charge >= 0.3 is 11.6 Å². The number of aliphatic hydroxyl groups excluding tert-OH is 1. The summed E-state index contributed by atoms with van der Waals surface area (Å²) in [7, 11) is 0. The number of hydrogen-bond acceptors (Lipinski definition) is 6. The van der Waals surface area contributed by atoms with E-state index in [0.717, 1.165) is 0 Å². The highest BCUT2D eigenvalue weighted by atomic mass is 16.5. The molecule has 0 aliphatic carbocycles. The van der Waals surface area contributed by atoms with Crippen LogP contribution in [0, 0.1) is 0 Å². The minimum Gasteiger partial charge on any atom is -0.506 e. The van der Waals surface area contributed by atoms with Gasteiger partial charge in [0.05, 0.1) is 12.0 Å². The lowest BCUT2D eigenvalue weighted by Crippen LogP contribution is -2.11. The quantitative estimate of drug-likeness (QED) is 0.657. The number of carbonyl (C=O) groups excluding carboxylic acids is 1.